The molecule has 0 saturated carbocycles. The quantitative estimate of drug-likeness (QED) is 0.806. The van der Waals surface area contributed by atoms with Crippen LogP contribution in [0.15, 0.2) is 29.2 Å². The molecule has 0 radical (unpaired) electrons. The van der Waals surface area contributed by atoms with E-state index in [1.54, 1.807) is 0 Å². The van der Waals surface area contributed by atoms with Gasteiger partial charge < -0.3 is 14.6 Å². The number of aliphatic hydroxyl groups is 1. The minimum atomic E-state index is -4.00. The molecule has 1 atom stereocenters. The first-order valence-corrected chi connectivity index (χ1v) is 7.78. The van der Waals surface area contributed by atoms with Crippen LogP contribution in [0.25, 0.3) is 0 Å². The first kappa shape index (κ1) is 15.7. The molecule has 0 aliphatic carbocycles. The van der Waals surface area contributed by atoms with Gasteiger partial charge in [-0.2, -0.15) is 4.31 Å². The predicted molar refractivity (Wildman–Crippen MR) is 73.1 cm³/mol. The molecule has 7 nitrogen and oxygen atoms in total. The highest BCUT2D eigenvalue weighted by Gasteiger charge is 2.52. The van der Waals surface area contributed by atoms with Crippen LogP contribution in [0.2, 0.25) is 0 Å². The second-order valence-corrected chi connectivity index (χ2v) is 6.53. The third-order valence-corrected chi connectivity index (χ3v) is 5.39. The van der Waals surface area contributed by atoms with E-state index >= 15 is 0 Å². The van der Waals surface area contributed by atoms with Gasteiger partial charge in [0.15, 0.2) is 0 Å². The van der Waals surface area contributed by atoms with Gasteiger partial charge in [-0.1, -0.05) is 0 Å². The Morgan fingerprint density at radius 3 is 2.43 bits per heavy atom. The Kier molecular flexibility index (Phi) is 4.22. The van der Waals surface area contributed by atoms with Crippen LogP contribution in [0.5, 0.6) is 5.75 Å². The van der Waals surface area contributed by atoms with Gasteiger partial charge in [0.2, 0.25) is 15.7 Å². The van der Waals surface area contributed by atoms with Crippen LogP contribution in [0.3, 0.4) is 0 Å². The number of methoxy groups -OCH3 is 2. The lowest BCUT2D eigenvalue weighted by Gasteiger charge is -2.29. The van der Waals surface area contributed by atoms with E-state index in [1.807, 2.05) is 0 Å². The zero-order valence-corrected chi connectivity index (χ0v) is 12.6. The average molecular weight is 315 g/mol. The minimum Gasteiger partial charge on any atom is -0.497 e. The van der Waals surface area contributed by atoms with Crippen molar-refractivity contribution >= 4 is 16.0 Å². The van der Waals surface area contributed by atoms with Crippen LogP contribution < -0.4 is 4.74 Å². The molecule has 1 N–H and O–H groups in total. The summed E-state index contributed by atoms with van der Waals surface area (Å²) < 4.78 is 35.5. The molecule has 0 spiro atoms. The van der Waals surface area contributed by atoms with Crippen molar-refractivity contribution in [2.75, 3.05) is 20.8 Å². The molecular weight excluding hydrogens is 298 g/mol. The van der Waals surface area contributed by atoms with Crippen molar-refractivity contribution in [1.82, 2.24) is 4.31 Å². The van der Waals surface area contributed by atoms with Gasteiger partial charge in [0.25, 0.3) is 0 Å². The fraction of sp³-hybridized carbons (Fsp3) is 0.462. The Hall–Kier alpha value is -1.64. The zero-order chi connectivity index (χ0) is 15.7. The predicted octanol–water partition coefficient (Wildman–Crippen LogP) is 0.341. The van der Waals surface area contributed by atoms with Crippen LogP contribution in [0.4, 0.5) is 0 Å². The smallest absolute Gasteiger partial charge is 0.354 e. The Morgan fingerprint density at radius 2 is 1.90 bits per heavy atom. The van der Waals surface area contributed by atoms with Crippen molar-refractivity contribution < 1.29 is 27.8 Å². The van der Waals surface area contributed by atoms with Gasteiger partial charge in [0.05, 0.1) is 19.1 Å². The summed E-state index contributed by atoms with van der Waals surface area (Å²) >= 11 is 0. The number of hydrogen-bond donors (Lipinski definition) is 1. The van der Waals surface area contributed by atoms with Crippen LogP contribution in [0.1, 0.15) is 12.8 Å². The highest BCUT2D eigenvalue weighted by Crippen LogP contribution is 2.34. The Balaban J connectivity index is 2.40. The SMILES string of the molecule is COC(=O)[C@@]1(O)CCCN1S(=O)(=O)c1ccc(OC)cc1. The molecule has 0 bridgehead atoms. The van der Waals surface area contributed by atoms with Gasteiger partial charge in [0, 0.05) is 13.0 Å². The highest BCUT2D eigenvalue weighted by molar-refractivity contribution is 7.89. The van der Waals surface area contributed by atoms with Crippen LogP contribution in [-0.2, 0) is 19.6 Å². The normalized spacial score (nSPS) is 23.0. The van der Waals surface area contributed by atoms with Crippen molar-refractivity contribution in [2.24, 2.45) is 0 Å². The maximum atomic E-state index is 12.6. The van der Waals surface area contributed by atoms with Crippen molar-refractivity contribution in [3.8, 4) is 5.75 Å². The summed E-state index contributed by atoms with van der Waals surface area (Å²) in [5.74, 6) is -0.462. The summed E-state index contributed by atoms with van der Waals surface area (Å²) in [5, 5.41) is 10.4. The lowest BCUT2D eigenvalue weighted by atomic mass is 10.2. The van der Waals surface area contributed by atoms with Gasteiger partial charge >= 0.3 is 5.97 Å². The van der Waals surface area contributed by atoms with E-state index in [9.17, 15) is 18.3 Å². The van der Waals surface area contributed by atoms with Gasteiger partial charge in [-0.15, -0.1) is 0 Å². The number of carbonyl (C=O) groups is 1. The van der Waals surface area contributed by atoms with E-state index in [4.69, 9.17) is 4.74 Å². The highest BCUT2D eigenvalue weighted by atomic mass is 32.2. The Bertz CT molecular complexity index is 627. The number of sulfonamides is 1. The molecule has 1 aliphatic rings. The molecule has 2 rings (SSSR count). The molecule has 1 aromatic carbocycles. The molecule has 8 heteroatoms. The fourth-order valence-corrected chi connectivity index (χ4v) is 4.01. The summed E-state index contributed by atoms with van der Waals surface area (Å²) in [5.41, 5.74) is -2.15. The number of carbonyl (C=O) groups excluding carboxylic acids is 1. The number of rotatable bonds is 4. The summed E-state index contributed by atoms with van der Waals surface area (Å²) in [6.45, 7) is 0.0555. The molecule has 0 aromatic heterocycles. The van der Waals surface area contributed by atoms with Crippen molar-refractivity contribution in [3.63, 3.8) is 0 Å². The van der Waals surface area contributed by atoms with E-state index in [-0.39, 0.29) is 17.9 Å². The fourth-order valence-electron chi connectivity index (χ4n) is 2.34. The first-order chi connectivity index (χ1) is 9.86. The number of esters is 1. The molecule has 0 amide bonds. The largest absolute Gasteiger partial charge is 0.497 e. The summed E-state index contributed by atoms with van der Waals surface area (Å²) in [6.07, 6.45) is 0.385. The second-order valence-electron chi connectivity index (χ2n) is 4.66. The van der Waals surface area contributed by atoms with Crippen LogP contribution in [0, 0.1) is 0 Å². The molecule has 1 fully saturated rings. The van der Waals surface area contributed by atoms with Gasteiger partial charge in [-0.25, -0.2) is 13.2 Å². The minimum absolute atomic E-state index is 0.00899. The van der Waals surface area contributed by atoms with Crippen LogP contribution >= 0.6 is 0 Å². The standard InChI is InChI=1S/C13H17NO6S/c1-19-10-4-6-11(7-5-10)21(17,18)14-9-3-8-13(14,16)12(15)20-2/h4-7,16H,3,8-9H2,1-2H3/t13-/m0/s1. The molecule has 116 valence electrons. The number of nitrogens with zero attached hydrogens (tertiary/aromatic N) is 1. The molecule has 0 unspecified atom stereocenters. The average Bonchev–Trinajstić information content (AvgIpc) is 2.90. The molecular formula is C13H17NO6S. The number of hydrogen-bond acceptors (Lipinski definition) is 6. The van der Waals surface area contributed by atoms with Crippen molar-refractivity contribution in [1.29, 1.82) is 0 Å². The van der Waals surface area contributed by atoms with Gasteiger partial charge in [0.1, 0.15) is 5.75 Å². The molecule has 1 saturated heterocycles. The first-order valence-electron chi connectivity index (χ1n) is 6.34. The van der Waals surface area contributed by atoms with Crippen molar-refractivity contribution in [3.05, 3.63) is 24.3 Å². The summed E-state index contributed by atoms with van der Waals surface area (Å²) in [7, 11) is -1.42. The van der Waals surface area contributed by atoms with E-state index in [1.165, 1.54) is 31.4 Å². The molecule has 1 aromatic rings. The zero-order valence-electron chi connectivity index (χ0n) is 11.8. The third kappa shape index (κ3) is 2.61. The second kappa shape index (κ2) is 5.63. The maximum Gasteiger partial charge on any atom is 0.354 e. The monoisotopic (exact) mass is 315 g/mol. The van der Waals surface area contributed by atoms with E-state index in [0.717, 1.165) is 11.4 Å². The summed E-state index contributed by atoms with van der Waals surface area (Å²) in [4.78, 5) is 11.7. The topological polar surface area (TPSA) is 93.1 Å². The van der Waals surface area contributed by atoms with Gasteiger partial charge in [-0.3, -0.25) is 0 Å². The molecule has 1 aliphatic heterocycles. The van der Waals surface area contributed by atoms with E-state index < -0.39 is 21.7 Å². The number of benzene rings is 1. The lowest BCUT2D eigenvalue weighted by Crippen LogP contribution is -2.53. The third-order valence-electron chi connectivity index (χ3n) is 3.46. The maximum absolute atomic E-state index is 12.6. The van der Waals surface area contributed by atoms with E-state index in [0.29, 0.717) is 12.2 Å². The molecule has 1 heterocycles. The Labute approximate surface area is 123 Å². The lowest BCUT2D eigenvalue weighted by molar-refractivity contribution is -0.172. The van der Waals surface area contributed by atoms with E-state index in [2.05, 4.69) is 4.74 Å². The summed E-state index contributed by atoms with van der Waals surface area (Å²) in [6, 6.07) is 5.73. The number of ether oxygens (including phenoxy) is 2. The van der Waals surface area contributed by atoms with Gasteiger partial charge in [-0.05, 0) is 30.7 Å². The van der Waals surface area contributed by atoms with Crippen LogP contribution in [-0.4, -0.2) is 50.3 Å². The molecule has 21 heavy (non-hydrogen) atoms. The Morgan fingerprint density at radius 1 is 1.29 bits per heavy atom. The van der Waals surface area contributed by atoms with Crippen molar-refractivity contribution in [2.45, 2.75) is 23.5 Å².